The molecule has 0 spiro atoms. The average molecular weight is 309 g/mol. The molecule has 2 N–H and O–H groups in total. The third kappa shape index (κ3) is 3.22. The molecule has 120 valence electrons. The Bertz CT molecular complexity index is 836. The maximum Gasteiger partial charge on any atom is 0.217 e. The molecule has 0 saturated heterocycles. The van der Waals surface area contributed by atoms with Crippen molar-refractivity contribution in [3.63, 3.8) is 0 Å². The second-order valence-electron chi connectivity index (χ2n) is 6.06. The Morgan fingerprint density at radius 1 is 1.09 bits per heavy atom. The van der Waals surface area contributed by atoms with Crippen molar-refractivity contribution >= 4 is 10.9 Å². The first-order valence-electron chi connectivity index (χ1n) is 7.86. The number of ether oxygens (including phenoxy) is 1. The van der Waals surface area contributed by atoms with Crippen LogP contribution in [0.5, 0.6) is 5.88 Å². The van der Waals surface area contributed by atoms with Crippen molar-refractivity contribution < 1.29 is 4.74 Å². The van der Waals surface area contributed by atoms with Crippen molar-refractivity contribution in [2.75, 3.05) is 7.11 Å². The summed E-state index contributed by atoms with van der Waals surface area (Å²) < 4.78 is 5.35. The van der Waals surface area contributed by atoms with Gasteiger partial charge < -0.3 is 15.0 Å². The van der Waals surface area contributed by atoms with E-state index in [1.165, 1.54) is 33.3 Å². The Hall–Kier alpha value is -2.33. The van der Waals surface area contributed by atoms with Crippen LogP contribution in [0.15, 0.2) is 30.5 Å². The number of hydrogen-bond acceptors (Lipinski definition) is 3. The van der Waals surface area contributed by atoms with Gasteiger partial charge >= 0.3 is 0 Å². The van der Waals surface area contributed by atoms with E-state index in [9.17, 15) is 0 Å². The van der Waals surface area contributed by atoms with Gasteiger partial charge in [-0.2, -0.15) is 0 Å². The minimum Gasteiger partial charge on any atom is -0.481 e. The van der Waals surface area contributed by atoms with Gasteiger partial charge in [0.05, 0.1) is 7.11 Å². The lowest BCUT2D eigenvalue weighted by Gasteiger charge is -2.10. The summed E-state index contributed by atoms with van der Waals surface area (Å²) >= 11 is 0. The molecule has 4 nitrogen and oxygen atoms in total. The predicted octanol–water partition coefficient (Wildman–Crippen LogP) is 3.79. The van der Waals surface area contributed by atoms with Gasteiger partial charge in [-0.3, -0.25) is 0 Å². The van der Waals surface area contributed by atoms with Gasteiger partial charge in [0.15, 0.2) is 0 Å². The lowest BCUT2D eigenvalue weighted by molar-refractivity contribution is 0.390. The lowest BCUT2D eigenvalue weighted by atomic mass is 10.1. The molecular weight excluding hydrogens is 286 g/mol. The molecule has 0 aliphatic rings. The summed E-state index contributed by atoms with van der Waals surface area (Å²) in [4.78, 5) is 7.77. The molecule has 0 saturated carbocycles. The molecule has 0 bridgehead atoms. The zero-order valence-corrected chi connectivity index (χ0v) is 14.2. The van der Waals surface area contributed by atoms with Gasteiger partial charge in [0.2, 0.25) is 5.88 Å². The maximum absolute atomic E-state index is 5.35. The highest BCUT2D eigenvalue weighted by molar-refractivity contribution is 5.84. The number of aryl methyl sites for hydroxylation is 3. The fourth-order valence-corrected chi connectivity index (χ4v) is 3.03. The average Bonchev–Trinajstić information content (AvgIpc) is 2.92. The number of aromatic amines is 1. The van der Waals surface area contributed by atoms with Gasteiger partial charge in [0, 0.05) is 41.4 Å². The van der Waals surface area contributed by atoms with Crippen LogP contribution < -0.4 is 10.1 Å². The van der Waals surface area contributed by atoms with Crippen LogP contribution in [0.2, 0.25) is 0 Å². The molecule has 3 rings (SSSR count). The zero-order valence-electron chi connectivity index (χ0n) is 14.2. The molecular formula is C19H23N3O. The Labute approximate surface area is 136 Å². The van der Waals surface area contributed by atoms with E-state index in [2.05, 4.69) is 54.3 Å². The number of benzene rings is 1. The second kappa shape index (κ2) is 6.42. The number of hydrogen-bond donors (Lipinski definition) is 2. The number of nitrogens with zero attached hydrogens (tertiary/aromatic N) is 1. The largest absolute Gasteiger partial charge is 0.481 e. The minimum atomic E-state index is 0.695. The van der Waals surface area contributed by atoms with Gasteiger partial charge in [-0.25, -0.2) is 4.98 Å². The summed E-state index contributed by atoms with van der Waals surface area (Å²) in [6.45, 7) is 7.88. The van der Waals surface area contributed by atoms with E-state index in [-0.39, 0.29) is 0 Å². The van der Waals surface area contributed by atoms with Crippen LogP contribution in [-0.4, -0.2) is 17.1 Å². The highest BCUT2D eigenvalue weighted by Gasteiger charge is 2.08. The van der Waals surface area contributed by atoms with Crippen molar-refractivity contribution in [2.45, 2.75) is 33.9 Å². The van der Waals surface area contributed by atoms with Crippen molar-refractivity contribution in [2.24, 2.45) is 0 Å². The molecule has 0 amide bonds. The van der Waals surface area contributed by atoms with E-state index >= 15 is 0 Å². The minimum absolute atomic E-state index is 0.695. The number of rotatable bonds is 5. The van der Waals surface area contributed by atoms with E-state index in [0.29, 0.717) is 5.88 Å². The second-order valence-corrected chi connectivity index (χ2v) is 6.06. The number of methoxy groups -OCH3 is 1. The lowest BCUT2D eigenvalue weighted by Crippen LogP contribution is -2.15. The maximum atomic E-state index is 5.35. The number of pyridine rings is 1. The molecule has 4 heteroatoms. The molecule has 0 aliphatic heterocycles. The highest BCUT2D eigenvalue weighted by Crippen LogP contribution is 2.22. The van der Waals surface area contributed by atoms with Crippen LogP contribution in [0.4, 0.5) is 0 Å². The van der Waals surface area contributed by atoms with Crippen molar-refractivity contribution in [3.8, 4) is 5.88 Å². The fourth-order valence-electron chi connectivity index (χ4n) is 3.03. The standard InChI is InChI=1S/C19H23N3O/c1-12-7-14(3)16-9-15(22-18(16)8-12)10-20-11-17-13(2)5-6-21-19(17)23-4/h5-9,20,22H,10-11H2,1-4H3. The SMILES string of the molecule is COc1nccc(C)c1CNCc1cc2c(C)cc(C)cc2[nH]1. The van der Waals surface area contributed by atoms with Gasteiger partial charge in [-0.05, 0) is 55.7 Å². The van der Waals surface area contributed by atoms with E-state index in [1.807, 2.05) is 6.07 Å². The van der Waals surface area contributed by atoms with E-state index in [1.54, 1.807) is 13.3 Å². The van der Waals surface area contributed by atoms with Gasteiger partial charge in [0.25, 0.3) is 0 Å². The van der Waals surface area contributed by atoms with Crippen molar-refractivity contribution in [3.05, 3.63) is 58.4 Å². The van der Waals surface area contributed by atoms with Crippen LogP contribution in [-0.2, 0) is 13.1 Å². The van der Waals surface area contributed by atoms with E-state index in [0.717, 1.165) is 18.7 Å². The van der Waals surface area contributed by atoms with Gasteiger partial charge in [-0.1, -0.05) is 6.07 Å². The number of nitrogens with one attached hydrogen (secondary N) is 2. The van der Waals surface area contributed by atoms with E-state index in [4.69, 9.17) is 4.74 Å². The molecule has 0 fully saturated rings. The first kappa shape index (κ1) is 15.6. The Balaban J connectivity index is 1.73. The number of fused-ring (bicyclic) bond motifs is 1. The molecule has 0 radical (unpaired) electrons. The highest BCUT2D eigenvalue weighted by atomic mass is 16.5. The number of aromatic nitrogens is 2. The Kier molecular flexibility index (Phi) is 4.35. The number of H-pyrrole nitrogens is 1. The zero-order chi connectivity index (χ0) is 16.4. The molecule has 3 aromatic rings. The quantitative estimate of drug-likeness (QED) is 0.754. The van der Waals surface area contributed by atoms with Crippen LogP contribution in [0.3, 0.4) is 0 Å². The first-order valence-corrected chi connectivity index (χ1v) is 7.86. The molecule has 23 heavy (non-hydrogen) atoms. The first-order chi connectivity index (χ1) is 11.1. The van der Waals surface area contributed by atoms with Gasteiger partial charge in [-0.15, -0.1) is 0 Å². The summed E-state index contributed by atoms with van der Waals surface area (Å²) in [6, 6.07) is 8.65. The van der Waals surface area contributed by atoms with Gasteiger partial charge in [0.1, 0.15) is 0 Å². The normalized spacial score (nSPS) is 11.1. The summed E-state index contributed by atoms with van der Waals surface area (Å²) in [5, 5.41) is 4.77. The van der Waals surface area contributed by atoms with Crippen molar-refractivity contribution in [1.82, 2.24) is 15.3 Å². The molecule has 2 aromatic heterocycles. The van der Waals surface area contributed by atoms with Crippen molar-refractivity contribution in [1.29, 1.82) is 0 Å². The summed E-state index contributed by atoms with van der Waals surface area (Å²) in [5.41, 5.74) is 7.29. The topological polar surface area (TPSA) is 49.9 Å². The fraction of sp³-hybridized carbons (Fsp3) is 0.316. The van der Waals surface area contributed by atoms with Crippen LogP contribution >= 0.6 is 0 Å². The summed E-state index contributed by atoms with van der Waals surface area (Å²) in [5.74, 6) is 0.695. The predicted molar refractivity (Wildman–Crippen MR) is 93.8 cm³/mol. The molecule has 0 aliphatic carbocycles. The Morgan fingerprint density at radius 2 is 1.91 bits per heavy atom. The van der Waals surface area contributed by atoms with Crippen LogP contribution in [0.25, 0.3) is 10.9 Å². The smallest absolute Gasteiger partial charge is 0.217 e. The molecule has 2 heterocycles. The third-order valence-electron chi connectivity index (χ3n) is 4.21. The summed E-state index contributed by atoms with van der Waals surface area (Å²) in [6.07, 6.45) is 1.78. The molecule has 1 aromatic carbocycles. The Morgan fingerprint density at radius 3 is 2.70 bits per heavy atom. The summed E-state index contributed by atoms with van der Waals surface area (Å²) in [7, 11) is 1.66. The monoisotopic (exact) mass is 309 g/mol. The molecule has 0 unspecified atom stereocenters. The van der Waals surface area contributed by atoms with E-state index < -0.39 is 0 Å². The van der Waals surface area contributed by atoms with Crippen LogP contribution in [0.1, 0.15) is 27.9 Å². The third-order valence-corrected chi connectivity index (χ3v) is 4.21. The molecule has 0 atom stereocenters. The van der Waals surface area contributed by atoms with Crippen LogP contribution in [0, 0.1) is 20.8 Å².